The summed E-state index contributed by atoms with van der Waals surface area (Å²) in [4.78, 5) is 0. The highest BCUT2D eigenvalue weighted by Gasteiger charge is 2.09. The van der Waals surface area contributed by atoms with E-state index >= 15 is 0 Å². The van der Waals surface area contributed by atoms with Gasteiger partial charge in [0.1, 0.15) is 0 Å². The van der Waals surface area contributed by atoms with Gasteiger partial charge in [0.2, 0.25) is 0 Å². The molecule has 0 N–H and O–H groups in total. The maximum absolute atomic E-state index is 4.15. The van der Waals surface area contributed by atoms with Crippen LogP contribution in [0.3, 0.4) is 0 Å². The van der Waals surface area contributed by atoms with Crippen molar-refractivity contribution >= 4 is 17.5 Å². The number of azo groups is 1. The van der Waals surface area contributed by atoms with Gasteiger partial charge in [0, 0.05) is 5.56 Å². The van der Waals surface area contributed by atoms with Crippen LogP contribution in [0.1, 0.15) is 12.5 Å². The van der Waals surface area contributed by atoms with Crippen molar-refractivity contribution in [3.05, 3.63) is 54.1 Å². The number of fused-ring (bicyclic) bond motifs is 2. The predicted molar refractivity (Wildman–Crippen MR) is 70.8 cm³/mol. The maximum Gasteiger partial charge on any atom is 0.0957 e. The highest BCUT2D eigenvalue weighted by molar-refractivity contribution is 5.80. The summed E-state index contributed by atoms with van der Waals surface area (Å²) >= 11 is 0. The average molecular weight is 220 g/mol. The van der Waals surface area contributed by atoms with Crippen molar-refractivity contribution in [1.82, 2.24) is 0 Å². The largest absolute Gasteiger partial charge is 0.150 e. The Labute approximate surface area is 100 Å². The van der Waals surface area contributed by atoms with Crippen molar-refractivity contribution in [1.29, 1.82) is 0 Å². The van der Waals surface area contributed by atoms with Crippen LogP contribution >= 0.6 is 0 Å². The van der Waals surface area contributed by atoms with Crippen molar-refractivity contribution < 1.29 is 0 Å². The van der Waals surface area contributed by atoms with Crippen LogP contribution in [0.2, 0.25) is 0 Å². The fourth-order valence-corrected chi connectivity index (χ4v) is 1.99. The molecule has 0 radical (unpaired) electrons. The van der Waals surface area contributed by atoms with Gasteiger partial charge in [-0.05, 0) is 36.2 Å². The van der Waals surface area contributed by atoms with E-state index in [-0.39, 0.29) is 0 Å². The molecule has 82 valence electrons. The van der Waals surface area contributed by atoms with Crippen LogP contribution in [0.5, 0.6) is 0 Å². The quantitative estimate of drug-likeness (QED) is 0.573. The molecule has 17 heavy (non-hydrogen) atoms. The molecule has 2 aromatic carbocycles. The molecule has 3 rings (SSSR count). The summed E-state index contributed by atoms with van der Waals surface area (Å²) in [5, 5.41) is 8.20. The number of benzene rings is 2. The molecule has 1 aliphatic rings. The van der Waals surface area contributed by atoms with E-state index in [4.69, 9.17) is 0 Å². The van der Waals surface area contributed by atoms with E-state index in [1.54, 1.807) is 0 Å². The molecule has 0 spiro atoms. The van der Waals surface area contributed by atoms with Gasteiger partial charge in [0.25, 0.3) is 0 Å². The molecule has 2 heteroatoms. The van der Waals surface area contributed by atoms with Crippen LogP contribution in [0.15, 0.2) is 58.8 Å². The summed E-state index contributed by atoms with van der Waals surface area (Å²) in [6.07, 6.45) is 4.13. The Bertz CT molecular complexity index is 607. The minimum absolute atomic E-state index is 0.939. The lowest BCUT2D eigenvalue weighted by Crippen LogP contribution is -1.78. The van der Waals surface area contributed by atoms with Crippen LogP contribution < -0.4 is 0 Å². The molecule has 0 saturated heterocycles. The van der Waals surface area contributed by atoms with E-state index in [0.29, 0.717) is 0 Å². The monoisotopic (exact) mass is 220 g/mol. The van der Waals surface area contributed by atoms with Gasteiger partial charge >= 0.3 is 0 Å². The van der Waals surface area contributed by atoms with E-state index in [0.717, 1.165) is 16.9 Å². The molecular formula is C15H12N2. The molecule has 2 bridgehead atoms. The SMILES string of the molecule is C/C=C/c1ccc(-c2ccc3cc2N=N3)cc1. The normalized spacial score (nSPS) is 12.5. The van der Waals surface area contributed by atoms with E-state index < -0.39 is 0 Å². The lowest BCUT2D eigenvalue weighted by Gasteiger charge is -2.03. The molecule has 2 nitrogen and oxygen atoms in total. The highest BCUT2D eigenvalue weighted by atomic mass is 15.1. The van der Waals surface area contributed by atoms with Gasteiger partial charge in [-0.15, -0.1) is 5.11 Å². The summed E-state index contributed by atoms with van der Waals surface area (Å²) in [5.74, 6) is 0. The summed E-state index contributed by atoms with van der Waals surface area (Å²) in [7, 11) is 0. The average Bonchev–Trinajstić information content (AvgIpc) is 2.73. The van der Waals surface area contributed by atoms with Crippen molar-refractivity contribution in [3.8, 4) is 11.1 Å². The number of rotatable bonds is 2. The van der Waals surface area contributed by atoms with Gasteiger partial charge in [0.15, 0.2) is 0 Å². The molecule has 0 amide bonds. The Morgan fingerprint density at radius 3 is 2.53 bits per heavy atom. The van der Waals surface area contributed by atoms with Crippen LogP contribution in [0.4, 0.5) is 11.4 Å². The van der Waals surface area contributed by atoms with Crippen LogP contribution in [0.25, 0.3) is 17.2 Å². The molecule has 0 unspecified atom stereocenters. The van der Waals surface area contributed by atoms with E-state index in [1.165, 1.54) is 11.1 Å². The molecule has 1 heterocycles. The molecule has 0 saturated carbocycles. The molecule has 0 aliphatic carbocycles. The van der Waals surface area contributed by atoms with Crippen molar-refractivity contribution in [2.45, 2.75) is 6.92 Å². The van der Waals surface area contributed by atoms with Gasteiger partial charge in [0.05, 0.1) is 11.4 Å². The Kier molecular flexibility index (Phi) is 2.33. The first-order chi connectivity index (χ1) is 8.36. The Hall–Kier alpha value is -2.22. The summed E-state index contributed by atoms with van der Waals surface area (Å²) < 4.78 is 0. The minimum Gasteiger partial charge on any atom is -0.150 e. The Morgan fingerprint density at radius 2 is 1.76 bits per heavy atom. The van der Waals surface area contributed by atoms with Crippen molar-refractivity contribution in [2.24, 2.45) is 10.2 Å². The predicted octanol–water partition coefficient (Wildman–Crippen LogP) is 5.12. The van der Waals surface area contributed by atoms with Crippen LogP contribution in [-0.2, 0) is 0 Å². The topological polar surface area (TPSA) is 24.7 Å². The Balaban J connectivity index is 2.03. The fourth-order valence-electron chi connectivity index (χ4n) is 1.99. The third kappa shape index (κ3) is 1.78. The van der Waals surface area contributed by atoms with Gasteiger partial charge in [-0.1, -0.05) is 36.4 Å². The molecule has 0 aromatic heterocycles. The molecule has 0 atom stereocenters. The zero-order valence-corrected chi connectivity index (χ0v) is 9.59. The van der Waals surface area contributed by atoms with E-state index in [2.05, 4.69) is 46.6 Å². The molecule has 2 aromatic rings. The number of hydrogen-bond donors (Lipinski definition) is 0. The summed E-state index contributed by atoms with van der Waals surface area (Å²) in [5.41, 5.74) is 5.43. The second kappa shape index (κ2) is 3.98. The minimum atomic E-state index is 0.939. The van der Waals surface area contributed by atoms with Gasteiger partial charge in [-0.25, -0.2) is 0 Å². The number of hydrogen-bond acceptors (Lipinski definition) is 2. The smallest absolute Gasteiger partial charge is 0.0957 e. The highest BCUT2D eigenvalue weighted by Crippen LogP contribution is 2.38. The zero-order chi connectivity index (χ0) is 11.7. The summed E-state index contributed by atoms with van der Waals surface area (Å²) in [6, 6.07) is 14.5. The molecule has 1 aliphatic heterocycles. The van der Waals surface area contributed by atoms with Crippen LogP contribution in [0, 0.1) is 0 Å². The van der Waals surface area contributed by atoms with Crippen molar-refractivity contribution in [3.63, 3.8) is 0 Å². The molecular weight excluding hydrogens is 208 g/mol. The number of nitrogens with zero attached hydrogens (tertiary/aromatic N) is 2. The zero-order valence-electron chi connectivity index (χ0n) is 9.59. The first kappa shape index (κ1) is 9.97. The first-order valence-corrected chi connectivity index (χ1v) is 5.66. The van der Waals surface area contributed by atoms with Gasteiger partial charge in [-0.3, -0.25) is 0 Å². The lowest BCUT2D eigenvalue weighted by molar-refractivity contribution is 1.31. The van der Waals surface area contributed by atoms with Crippen molar-refractivity contribution in [2.75, 3.05) is 0 Å². The van der Waals surface area contributed by atoms with E-state index in [1.807, 2.05) is 25.1 Å². The van der Waals surface area contributed by atoms with Crippen LogP contribution in [-0.4, -0.2) is 0 Å². The second-order valence-electron chi connectivity index (χ2n) is 4.02. The van der Waals surface area contributed by atoms with Gasteiger partial charge in [-0.2, -0.15) is 5.11 Å². The standard InChI is InChI=1S/C15H12N2/c1-2-3-11-4-6-12(7-5-11)14-9-8-13-10-15(14)17-16-13/h2-10H,1H3/b3-2+. The third-order valence-corrected chi connectivity index (χ3v) is 2.84. The number of allylic oxidation sites excluding steroid dienone is 1. The van der Waals surface area contributed by atoms with Gasteiger partial charge < -0.3 is 0 Å². The van der Waals surface area contributed by atoms with E-state index in [9.17, 15) is 0 Å². The lowest BCUT2D eigenvalue weighted by atomic mass is 10.0. The fraction of sp³-hybridized carbons (Fsp3) is 0.0667. The first-order valence-electron chi connectivity index (χ1n) is 5.66. The Morgan fingerprint density at radius 1 is 0.941 bits per heavy atom. The second-order valence-corrected chi connectivity index (χ2v) is 4.02. The maximum atomic E-state index is 4.15. The summed E-state index contributed by atoms with van der Waals surface area (Å²) in [6.45, 7) is 2.02. The molecule has 0 fully saturated rings. The third-order valence-electron chi connectivity index (χ3n) is 2.84.